The van der Waals surface area contributed by atoms with Crippen molar-refractivity contribution in [1.82, 2.24) is 4.90 Å². The number of anilines is 3. The average Bonchev–Trinajstić information content (AvgIpc) is 2.76. The van der Waals surface area contributed by atoms with Crippen molar-refractivity contribution in [2.75, 3.05) is 69.0 Å². The number of methoxy groups -OCH3 is 1. The number of hydrogen-bond donors (Lipinski definition) is 1. The zero-order valence-electron chi connectivity index (χ0n) is 19.2. The molecule has 168 valence electrons. The van der Waals surface area contributed by atoms with Crippen LogP contribution in [0, 0.1) is 12.7 Å². The molecule has 1 N–H and O–H groups in total. The Bertz CT molecular complexity index is 924. The second-order valence-electron chi connectivity index (χ2n) is 8.13. The molecule has 3 rings (SSSR count). The SMILES string of the molecule is CCCNc1cc(C)cc(C(=O)N(C)C)c1N1CCN(c2ccc(F)cc2OC)CC1. The Morgan fingerprint density at radius 3 is 2.42 bits per heavy atom. The van der Waals surface area contributed by atoms with E-state index >= 15 is 0 Å². The fourth-order valence-electron chi connectivity index (χ4n) is 4.00. The van der Waals surface area contributed by atoms with Crippen LogP contribution in [0.1, 0.15) is 29.3 Å². The molecular weight excluding hydrogens is 395 g/mol. The first-order valence-corrected chi connectivity index (χ1v) is 10.8. The van der Waals surface area contributed by atoms with Crippen LogP contribution >= 0.6 is 0 Å². The smallest absolute Gasteiger partial charge is 0.255 e. The third-order valence-electron chi connectivity index (χ3n) is 5.53. The number of ether oxygens (including phenoxy) is 1. The van der Waals surface area contributed by atoms with Crippen LogP contribution in [0.5, 0.6) is 5.75 Å². The number of carbonyl (C=O) groups excluding carboxylic acids is 1. The third kappa shape index (κ3) is 5.03. The normalized spacial score (nSPS) is 13.9. The van der Waals surface area contributed by atoms with Gasteiger partial charge in [0.2, 0.25) is 0 Å². The van der Waals surface area contributed by atoms with Crippen molar-refractivity contribution in [2.45, 2.75) is 20.3 Å². The van der Waals surface area contributed by atoms with Crippen LogP contribution in [-0.2, 0) is 0 Å². The molecule has 7 heteroatoms. The van der Waals surface area contributed by atoms with E-state index in [4.69, 9.17) is 4.74 Å². The molecule has 0 bridgehead atoms. The molecule has 2 aromatic rings. The Kier molecular flexibility index (Phi) is 7.25. The molecule has 6 nitrogen and oxygen atoms in total. The number of piperazine rings is 1. The van der Waals surface area contributed by atoms with E-state index in [1.54, 1.807) is 32.2 Å². The number of nitrogens with one attached hydrogen (secondary N) is 1. The molecule has 0 spiro atoms. The van der Waals surface area contributed by atoms with Crippen LogP contribution in [0.25, 0.3) is 0 Å². The van der Waals surface area contributed by atoms with Gasteiger partial charge in [-0.2, -0.15) is 0 Å². The zero-order valence-corrected chi connectivity index (χ0v) is 19.2. The predicted molar refractivity (Wildman–Crippen MR) is 125 cm³/mol. The van der Waals surface area contributed by atoms with Gasteiger partial charge >= 0.3 is 0 Å². The van der Waals surface area contributed by atoms with Crippen molar-refractivity contribution in [1.29, 1.82) is 0 Å². The van der Waals surface area contributed by atoms with Gasteiger partial charge in [0.05, 0.1) is 29.7 Å². The van der Waals surface area contributed by atoms with Crippen LogP contribution in [0.2, 0.25) is 0 Å². The highest BCUT2D eigenvalue weighted by Crippen LogP contribution is 2.35. The first-order valence-electron chi connectivity index (χ1n) is 10.8. The molecule has 0 atom stereocenters. The van der Waals surface area contributed by atoms with Crippen molar-refractivity contribution in [2.24, 2.45) is 0 Å². The zero-order chi connectivity index (χ0) is 22.5. The van der Waals surface area contributed by atoms with Crippen molar-refractivity contribution in [3.8, 4) is 5.75 Å². The number of hydrogen-bond acceptors (Lipinski definition) is 5. The summed E-state index contributed by atoms with van der Waals surface area (Å²) in [6.45, 7) is 7.99. The molecule has 1 fully saturated rings. The summed E-state index contributed by atoms with van der Waals surface area (Å²) < 4.78 is 19.0. The van der Waals surface area contributed by atoms with E-state index < -0.39 is 0 Å². The molecule has 2 aromatic carbocycles. The lowest BCUT2D eigenvalue weighted by molar-refractivity contribution is 0.0828. The van der Waals surface area contributed by atoms with E-state index in [1.807, 2.05) is 13.0 Å². The van der Waals surface area contributed by atoms with Crippen molar-refractivity contribution in [3.63, 3.8) is 0 Å². The van der Waals surface area contributed by atoms with Gasteiger partial charge in [0.15, 0.2) is 0 Å². The Morgan fingerprint density at radius 1 is 1.13 bits per heavy atom. The number of nitrogens with zero attached hydrogens (tertiary/aromatic N) is 3. The molecule has 1 aliphatic heterocycles. The maximum absolute atomic E-state index is 13.6. The molecular formula is C24H33FN4O2. The van der Waals surface area contributed by atoms with E-state index in [2.05, 4.69) is 28.1 Å². The number of rotatable bonds is 7. The molecule has 1 aliphatic rings. The third-order valence-corrected chi connectivity index (χ3v) is 5.53. The summed E-state index contributed by atoms with van der Waals surface area (Å²) in [5, 5.41) is 3.51. The minimum atomic E-state index is -0.308. The number of halogens is 1. The molecule has 0 aliphatic carbocycles. The predicted octanol–water partition coefficient (Wildman–Crippen LogP) is 3.99. The van der Waals surface area contributed by atoms with Crippen LogP contribution in [0.15, 0.2) is 30.3 Å². The minimum Gasteiger partial charge on any atom is -0.494 e. The first kappa shape index (κ1) is 22.7. The molecule has 1 saturated heterocycles. The molecule has 0 radical (unpaired) electrons. The minimum absolute atomic E-state index is 0.000817. The summed E-state index contributed by atoms with van der Waals surface area (Å²) in [6.07, 6.45) is 1.00. The second-order valence-corrected chi connectivity index (χ2v) is 8.13. The maximum atomic E-state index is 13.6. The van der Waals surface area contributed by atoms with Gasteiger partial charge < -0.3 is 24.8 Å². The fourth-order valence-corrected chi connectivity index (χ4v) is 4.00. The lowest BCUT2D eigenvalue weighted by Gasteiger charge is -2.39. The van der Waals surface area contributed by atoms with Crippen LogP contribution in [0.3, 0.4) is 0 Å². The molecule has 31 heavy (non-hydrogen) atoms. The van der Waals surface area contributed by atoms with Gasteiger partial charge in [0.1, 0.15) is 11.6 Å². The number of carbonyl (C=O) groups is 1. The standard InChI is InChI=1S/C24H33FN4O2/c1-6-9-26-20-15-17(2)14-19(24(30)27(3)4)23(20)29-12-10-28(11-13-29)21-8-7-18(25)16-22(21)31-5/h7-8,14-16,26H,6,9-13H2,1-5H3. The van der Waals surface area contributed by atoms with Gasteiger partial charge in [-0.15, -0.1) is 0 Å². The first-order chi connectivity index (χ1) is 14.8. The van der Waals surface area contributed by atoms with Gasteiger partial charge in [-0.1, -0.05) is 6.92 Å². The highest BCUT2D eigenvalue weighted by atomic mass is 19.1. The molecule has 0 unspecified atom stereocenters. The summed E-state index contributed by atoms with van der Waals surface area (Å²) in [5.74, 6) is 0.232. The van der Waals surface area contributed by atoms with Crippen LogP contribution in [-0.4, -0.2) is 64.7 Å². The summed E-state index contributed by atoms with van der Waals surface area (Å²) in [6, 6.07) is 8.75. The van der Waals surface area contributed by atoms with Crippen molar-refractivity contribution in [3.05, 3.63) is 47.3 Å². The highest BCUT2D eigenvalue weighted by Gasteiger charge is 2.26. The van der Waals surface area contributed by atoms with E-state index in [0.29, 0.717) is 5.75 Å². The van der Waals surface area contributed by atoms with Gasteiger partial charge in [-0.3, -0.25) is 4.79 Å². The molecule has 1 amide bonds. The van der Waals surface area contributed by atoms with E-state index in [0.717, 1.165) is 67.3 Å². The van der Waals surface area contributed by atoms with Gasteiger partial charge in [0, 0.05) is 52.9 Å². The lowest BCUT2D eigenvalue weighted by Crippen LogP contribution is -2.47. The van der Waals surface area contributed by atoms with Crippen LogP contribution < -0.4 is 19.9 Å². The van der Waals surface area contributed by atoms with Crippen molar-refractivity contribution >= 4 is 23.0 Å². The summed E-state index contributed by atoms with van der Waals surface area (Å²) in [5.41, 5.74) is 4.63. The lowest BCUT2D eigenvalue weighted by atomic mass is 10.0. The number of amides is 1. The Balaban J connectivity index is 1.90. The second kappa shape index (κ2) is 9.90. The number of benzene rings is 2. The monoisotopic (exact) mass is 428 g/mol. The molecule has 0 aromatic heterocycles. The Morgan fingerprint density at radius 2 is 1.81 bits per heavy atom. The summed E-state index contributed by atoms with van der Waals surface area (Å²) >= 11 is 0. The van der Waals surface area contributed by atoms with Gasteiger partial charge in [-0.25, -0.2) is 4.39 Å². The van der Waals surface area contributed by atoms with Gasteiger partial charge in [-0.05, 0) is 43.2 Å². The molecule has 1 heterocycles. The maximum Gasteiger partial charge on any atom is 0.255 e. The van der Waals surface area contributed by atoms with Gasteiger partial charge in [0.25, 0.3) is 5.91 Å². The summed E-state index contributed by atoms with van der Waals surface area (Å²) in [4.78, 5) is 19.1. The number of aryl methyl sites for hydroxylation is 1. The van der Waals surface area contributed by atoms with E-state index in [9.17, 15) is 9.18 Å². The van der Waals surface area contributed by atoms with Crippen LogP contribution in [0.4, 0.5) is 21.5 Å². The molecule has 0 saturated carbocycles. The van der Waals surface area contributed by atoms with Crippen molar-refractivity contribution < 1.29 is 13.9 Å². The average molecular weight is 429 g/mol. The largest absolute Gasteiger partial charge is 0.494 e. The Labute approximate surface area is 184 Å². The quantitative estimate of drug-likeness (QED) is 0.723. The van der Waals surface area contributed by atoms with E-state index in [-0.39, 0.29) is 11.7 Å². The van der Waals surface area contributed by atoms with E-state index in [1.165, 1.54) is 12.1 Å². The topological polar surface area (TPSA) is 48.1 Å². The Hall–Kier alpha value is -2.96. The summed E-state index contributed by atoms with van der Waals surface area (Å²) in [7, 11) is 5.13. The fraction of sp³-hybridized carbons (Fsp3) is 0.458. The highest BCUT2D eigenvalue weighted by molar-refractivity contribution is 6.03.